The van der Waals surface area contributed by atoms with E-state index < -0.39 is 47.4 Å². The number of rotatable bonds is 8. The molecule has 0 saturated carbocycles. The molecule has 0 aliphatic carbocycles. The van der Waals surface area contributed by atoms with Crippen molar-refractivity contribution < 1.29 is 38.1 Å². The Kier molecular flexibility index (Phi) is 10.6. The van der Waals surface area contributed by atoms with Gasteiger partial charge < -0.3 is 18.9 Å². The van der Waals surface area contributed by atoms with E-state index in [1.54, 1.807) is 41.5 Å². The van der Waals surface area contributed by atoms with E-state index in [9.17, 15) is 19.2 Å². The van der Waals surface area contributed by atoms with E-state index in [1.165, 1.54) is 9.80 Å². The molecule has 2 aliphatic rings. The lowest BCUT2D eigenvalue weighted by atomic mass is 10.2. The first-order valence-electron chi connectivity index (χ1n) is 12.8. The lowest BCUT2D eigenvalue weighted by molar-refractivity contribution is -0.149. The maximum absolute atomic E-state index is 12.4. The number of esters is 2. The average molecular weight is 511 g/mol. The van der Waals surface area contributed by atoms with Gasteiger partial charge in [-0.1, -0.05) is 12.2 Å². The molecule has 0 aromatic heterocycles. The van der Waals surface area contributed by atoms with Gasteiger partial charge in [-0.3, -0.25) is 9.80 Å². The van der Waals surface area contributed by atoms with Gasteiger partial charge in [0.1, 0.15) is 23.3 Å². The Labute approximate surface area is 214 Å². The Morgan fingerprint density at radius 3 is 1.39 bits per heavy atom. The van der Waals surface area contributed by atoms with Crippen molar-refractivity contribution >= 4 is 24.1 Å². The van der Waals surface area contributed by atoms with Gasteiger partial charge in [-0.25, -0.2) is 19.2 Å². The van der Waals surface area contributed by atoms with Gasteiger partial charge >= 0.3 is 24.1 Å². The molecule has 0 aromatic rings. The molecule has 2 rings (SSSR count). The summed E-state index contributed by atoms with van der Waals surface area (Å²) in [5.41, 5.74) is -1.25. The molecule has 0 bridgehead atoms. The molecule has 2 heterocycles. The maximum Gasteiger partial charge on any atom is 0.411 e. The fourth-order valence-corrected chi connectivity index (χ4v) is 3.98. The fraction of sp³-hybridized carbons (Fsp3) is 0.769. The summed E-state index contributed by atoms with van der Waals surface area (Å²) < 4.78 is 21.4. The summed E-state index contributed by atoms with van der Waals surface area (Å²) in [4.78, 5) is 52.3. The topological polar surface area (TPSA) is 112 Å². The number of carbonyl (C=O) groups excluding carboxylic acids is 4. The van der Waals surface area contributed by atoms with Crippen molar-refractivity contribution in [2.24, 2.45) is 0 Å². The predicted octanol–water partition coefficient (Wildman–Crippen LogP) is 4.21. The number of hydrogen-bond acceptors (Lipinski definition) is 8. The van der Waals surface area contributed by atoms with Crippen LogP contribution in [-0.4, -0.2) is 83.5 Å². The Morgan fingerprint density at radius 2 is 1.06 bits per heavy atom. The van der Waals surface area contributed by atoms with Crippen LogP contribution in [0.3, 0.4) is 0 Å². The summed E-state index contributed by atoms with van der Waals surface area (Å²) in [6.07, 6.45) is 6.31. The van der Waals surface area contributed by atoms with Gasteiger partial charge in [-0.05, 0) is 80.1 Å². The Bertz CT molecular complexity index is 746. The normalized spacial score (nSPS) is 20.5. The fourth-order valence-electron chi connectivity index (χ4n) is 3.98. The van der Waals surface area contributed by atoms with Crippen molar-refractivity contribution in [2.75, 3.05) is 26.3 Å². The van der Waals surface area contributed by atoms with E-state index >= 15 is 0 Å². The average Bonchev–Trinajstić information content (AvgIpc) is 3.43. The number of amides is 2. The van der Waals surface area contributed by atoms with Crippen molar-refractivity contribution in [1.82, 2.24) is 9.80 Å². The van der Waals surface area contributed by atoms with E-state index in [-0.39, 0.29) is 13.2 Å². The highest BCUT2D eigenvalue weighted by molar-refractivity contribution is 5.83. The van der Waals surface area contributed by atoms with Gasteiger partial charge in [-0.2, -0.15) is 0 Å². The monoisotopic (exact) mass is 510 g/mol. The van der Waals surface area contributed by atoms with Crippen LogP contribution < -0.4 is 0 Å². The number of ether oxygens (including phenoxy) is 4. The van der Waals surface area contributed by atoms with E-state index in [0.717, 1.165) is 12.8 Å². The van der Waals surface area contributed by atoms with Crippen LogP contribution in [0.5, 0.6) is 0 Å². The molecule has 2 amide bonds. The zero-order valence-electron chi connectivity index (χ0n) is 22.5. The van der Waals surface area contributed by atoms with E-state index in [4.69, 9.17) is 18.9 Å². The SMILES string of the molecule is CC(C)(C)OC(=O)N1CCC[C@H]1C(=O)OCC/C=C/CCOC(=O)[C@@H]1CCCN1C(=O)OC(C)(C)C. The highest BCUT2D eigenvalue weighted by Gasteiger charge is 2.38. The molecule has 0 N–H and O–H groups in total. The van der Waals surface area contributed by atoms with Crippen LogP contribution in [0.4, 0.5) is 9.59 Å². The minimum Gasteiger partial charge on any atom is -0.464 e. The lowest BCUT2D eigenvalue weighted by Crippen LogP contribution is -2.44. The predicted molar refractivity (Wildman–Crippen MR) is 132 cm³/mol. The lowest BCUT2D eigenvalue weighted by Gasteiger charge is -2.27. The molecule has 0 unspecified atom stereocenters. The van der Waals surface area contributed by atoms with Crippen LogP contribution in [0, 0.1) is 0 Å². The summed E-state index contributed by atoms with van der Waals surface area (Å²) in [6, 6.07) is -1.22. The van der Waals surface area contributed by atoms with Crippen molar-refractivity contribution in [2.45, 2.75) is 103 Å². The summed E-state index contributed by atoms with van der Waals surface area (Å²) >= 11 is 0. The van der Waals surface area contributed by atoms with Crippen molar-refractivity contribution in [1.29, 1.82) is 0 Å². The molecular formula is C26H42N2O8. The number of nitrogens with zero attached hydrogens (tertiary/aromatic N) is 2. The van der Waals surface area contributed by atoms with Crippen LogP contribution in [0.1, 0.15) is 80.1 Å². The van der Waals surface area contributed by atoms with Gasteiger partial charge in [0.15, 0.2) is 0 Å². The van der Waals surface area contributed by atoms with Crippen LogP contribution in [0.15, 0.2) is 12.2 Å². The molecule has 10 nitrogen and oxygen atoms in total. The largest absolute Gasteiger partial charge is 0.464 e. The molecule has 0 aromatic carbocycles. The Morgan fingerprint density at radius 1 is 0.694 bits per heavy atom. The molecule has 36 heavy (non-hydrogen) atoms. The molecule has 0 radical (unpaired) electrons. The third-order valence-corrected chi connectivity index (χ3v) is 5.53. The van der Waals surface area contributed by atoms with Crippen LogP contribution in [-0.2, 0) is 28.5 Å². The van der Waals surface area contributed by atoms with Gasteiger partial charge in [0.2, 0.25) is 0 Å². The summed E-state index contributed by atoms with van der Waals surface area (Å²) in [5, 5.41) is 0. The third kappa shape index (κ3) is 9.70. The highest BCUT2D eigenvalue weighted by atomic mass is 16.6. The first kappa shape index (κ1) is 29.5. The van der Waals surface area contributed by atoms with Gasteiger partial charge in [0.05, 0.1) is 13.2 Å². The van der Waals surface area contributed by atoms with Crippen LogP contribution >= 0.6 is 0 Å². The quantitative estimate of drug-likeness (QED) is 0.207. The molecule has 204 valence electrons. The Balaban J connectivity index is 1.64. The molecule has 2 saturated heterocycles. The summed E-state index contributed by atoms with van der Waals surface area (Å²) in [5.74, 6) is -0.849. The first-order chi connectivity index (χ1) is 16.8. The van der Waals surface area contributed by atoms with Crippen molar-refractivity contribution in [3.63, 3.8) is 0 Å². The number of hydrogen-bond donors (Lipinski definition) is 0. The maximum atomic E-state index is 12.4. The second-order valence-corrected chi connectivity index (χ2v) is 11.0. The smallest absolute Gasteiger partial charge is 0.411 e. The van der Waals surface area contributed by atoms with E-state index in [0.29, 0.717) is 38.8 Å². The standard InChI is InChI=1S/C26H42N2O8/c1-25(2,3)35-23(31)27-15-11-13-19(27)21(29)33-17-9-7-8-10-18-34-22(30)20-14-12-16-28(20)24(32)36-26(4,5)6/h7-8,19-20H,9-18H2,1-6H3/b8-7+/t19-,20-/m0/s1. The molecule has 2 atom stereocenters. The van der Waals surface area contributed by atoms with Crippen LogP contribution in [0.25, 0.3) is 0 Å². The second-order valence-electron chi connectivity index (χ2n) is 11.0. The number of carbonyl (C=O) groups is 4. The molecule has 2 fully saturated rings. The van der Waals surface area contributed by atoms with Crippen molar-refractivity contribution in [3.05, 3.63) is 12.2 Å². The van der Waals surface area contributed by atoms with Gasteiger partial charge in [-0.15, -0.1) is 0 Å². The van der Waals surface area contributed by atoms with E-state index in [1.807, 2.05) is 12.2 Å². The molecular weight excluding hydrogens is 468 g/mol. The molecule has 2 aliphatic heterocycles. The Hall–Kier alpha value is -2.78. The van der Waals surface area contributed by atoms with Gasteiger partial charge in [0.25, 0.3) is 0 Å². The highest BCUT2D eigenvalue weighted by Crippen LogP contribution is 2.23. The molecule has 0 spiro atoms. The van der Waals surface area contributed by atoms with Gasteiger partial charge in [0, 0.05) is 13.1 Å². The summed E-state index contributed by atoms with van der Waals surface area (Å²) in [7, 11) is 0. The minimum absolute atomic E-state index is 0.195. The zero-order valence-corrected chi connectivity index (χ0v) is 22.5. The first-order valence-corrected chi connectivity index (χ1v) is 12.8. The summed E-state index contributed by atoms with van der Waals surface area (Å²) in [6.45, 7) is 12.1. The third-order valence-electron chi connectivity index (χ3n) is 5.53. The van der Waals surface area contributed by atoms with Crippen LogP contribution in [0.2, 0.25) is 0 Å². The zero-order chi connectivity index (χ0) is 26.9. The van der Waals surface area contributed by atoms with Crippen molar-refractivity contribution in [3.8, 4) is 0 Å². The molecule has 10 heteroatoms. The van der Waals surface area contributed by atoms with E-state index in [2.05, 4.69) is 0 Å². The second kappa shape index (κ2) is 13.0. The minimum atomic E-state index is -0.623. The number of likely N-dealkylation sites (tertiary alicyclic amines) is 2.